The molecule has 0 bridgehead atoms. The fourth-order valence-corrected chi connectivity index (χ4v) is 2.76. The third-order valence-corrected chi connectivity index (χ3v) is 4.29. The van der Waals surface area contributed by atoms with Crippen LogP contribution in [0.1, 0.15) is 12.0 Å². The molecule has 0 saturated carbocycles. The zero-order valence-electron chi connectivity index (χ0n) is 11.9. The third kappa shape index (κ3) is 4.97. The van der Waals surface area contributed by atoms with E-state index in [9.17, 15) is 19.5 Å². The highest BCUT2D eigenvalue weighted by molar-refractivity contribution is 7.52. The molecule has 2 aromatic carbocycles. The highest BCUT2D eigenvalue weighted by atomic mass is 31.2. The molecule has 0 fully saturated rings. The number of rotatable bonds is 7. The first-order valence-electron chi connectivity index (χ1n) is 6.96. The molecule has 0 spiro atoms. The topological polar surface area (TPSA) is 87.0 Å². The summed E-state index contributed by atoms with van der Waals surface area (Å²) >= 11 is 0. The van der Waals surface area contributed by atoms with Crippen molar-refractivity contribution < 1.29 is 24.2 Å². The molecule has 118 valence electrons. The maximum absolute atomic E-state index is 11.3. The number of para-hydroxylation sites is 1. The van der Waals surface area contributed by atoms with E-state index in [1.165, 1.54) is 0 Å². The van der Waals surface area contributed by atoms with Gasteiger partial charge in [0.25, 0.3) is 0 Å². The van der Waals surface area contributed by atoms with Gasteiger partial charge in [-0.05, 0) is 30.5 Å². The molecule has 2 atom stereocenters. The van der Waals surface area contributed by atoms with Crippen molar-refractivity contribution in [2.45, 2.75) is 24.8 Å². The Morgan fingerprint density at radius 3 is 2.05 bits per heavy atom. The van der Waals surface area contributed by atoms with E-state index in [-0.39, 0.29) is 0 Å². The molecule has 0 aromatic heterocycles. The third-order valence-electron chi connectivity index (χ3n) is 3.27. The van der Waals surface area contributed by atoms with Gasteiger partial charge in [-0.25, -0.2) is 0 Å². The monoisotopic (exact) mass is 322 g/mol. The molecule has 5 nitrogen and oxygen atoms in total. The van der Waals surface area contributed by atoms with Crippen LogP contribution in [0.3, 0.4) is 0 Å². The maximum atomic E-state index is 11.3. The van der Waals surface area contributed by atoms with Gasteiger partial charge >= 0.3 is 7.60 Å². The van der Waals surface area contributed by atoms with Crippen LogP contribution in [0.4, 0.5) is 0 Å². The van der Waals surface area contributed by atoms with Crippen molar-refractivity contribution in [1.29, 1.82) is 0 Å². The molecule has 0 radical (unpaired) electrons. The summed E-state index contributed by atoms with van der Waals surface area (Å²) < 4.78 is 16.9. The molecule has 0 saturated heterocycles. The van der Waals surface area contributed by atoms with Gasteiger partial charge in [0.2, 0.25) is 0 Å². The molecule has 22 heavy (non-hydrogen) atoms. The summed E-state index contributed by atoms with van der Waals surface area (Å²) in [4.78, 5) is 18.4. The Morgan fingerprint density at radius 2 is 1.50 bits per heavy atom. The predicted octanol–water partition coefficient (Wildman–Crippen LogP) is 2.56. The summed E-state index contributed by atoms with van der Waals surface area (Å²) in [5, 5.41) is 9.90. The van der Waals surface area contributed by atoms with E-state index in [1.807, 2.05) is 36.4 Å². The van der Waals surface area contributed by atoms with Gasteiger partial charge in [0.1, 0.15) is 11.9 Å². The summed E-state index contributed by atoms with van der Waals surface area (Å²) in [6.45, 7) is 0. The van der Waals surface area contributed by atoms with Gasteiger partial charge < -0.3 is 19.6 Å². The number of aliphatic hydroxyl groups is 1. The fourth-order valence-electron chi connectivity index (χ4n) is 2.11. The van der Waals surface area contributed by atoms with Crippen molar-refractivity contribution >= 4 is 7.60 Å². The van der Waals surface area contributed by atoms with E-state index in [2.05, 4.69) is 0 Å². The molecule has 0 aliphatic carbocycles. The van der Waals surface area contributed by atoms with Crippen LogP contribution >= 0.6 is 7.60 Å². The van der Waals surface area contributed by atoms with E-state index < -0.39 is 19.5 Å². The maximum Gasteiger partial charge on any atom is 0.357 e. The first kappa shape index (κ1) is 16.7. The number of ether oxygens (including phenoxy) is 1. The van der Waals surface area contributed by atoms with Crippen LogP contribution < -0.4 is 4.74 Å². The van der Waals surface area contributed by atoms with Gasteiger partial charge in [-0.2, -0.15) is 0 Å². The normalized spacial score (nSPS) is 14.3. The summed E-state index contributed by atoms with van der Waals surface area (Å²) in [5.41, 5.74) is 1.02. The lowest BCUT2D eigenvalue weighted by Crippen LogP contribution is -2.32. The Bertz CT molecular complexity index is 611. The molecule has 0 aliphatic heterocycles. The Kier molecular flexibility index (Phi) is 5.75. The molecule has 0 amide bonds. The highest BCUT2D eigenvalue weighted by Gasteiger charge is 2.35. The second kappa shape index (κ2) is 7.56. The Balaban J connectivity index is 2.09. The van der Waals surface area contributed by atoms with Gasteiger partial charge in [-0.1, -0.05) is 48.5 Å². The van der Waals surface area contributed by atoms with Gasteiger partial charge in [-0.15, -0.1) is 0 Å². The first-order chi connectivity index (χ1) is 10.5. The summed E-state index contributed by atoms with van der Waals surface area (Å²) in [5.74, 6) is -1.38. The molecule has 2 rings (SSSR count). The summed E-state index contributed by atoms with van der Waals surface area (Å²) in [7, 11) is -4.64. The van der Waals surface area contributed by atoms with Crippen LogP contribution in [0.15, 0.2) is 60.7 Å². The fraction of sp³-hybridized carbons (Fsp3) is 0.250. The average molecular weight is 322 g/mol. The lowest BCUT2D eigenvalue weighted by molar-refractivity contribution is 0.0635. The standard InChI is InChI=1S/C16H19O5P/c17-16(22(18,19)20)15(21-14-9-5-2-6-10-14)12-11-13-7-3-1-4-8-13/h1-10,15-17H,11-12H2,(H2,18,19,20). The minimum Gasteiger partial charge on any atom is -0.487 e. The van der Waals surface area contributed by atoms with E-state index >= 15 is 0 Å². The van der Waals surface area contributed by atoms with Crippen LogP contribution in [0.5, 0.6) is 5.75 Å². The van der Waals surface area contributed by atoms with Crippen molar-refractivity contribution in [3.05, 3.63) is 66.2 Å². The second-order valence-electron chi connectivity index (χ2n) is 5.00. The van der Waals surface area contributed by atoms with Crippen molar-refractivity contribution in [2.75, 3.05) is 0 Å². The molecule has 2 aromatic rings. The number of hydrogen-bond donors (Lipinski definition) is 3. The molecule has 0 heterocycles. The van der Waals surface area contributed by atoms with E-state index in [0.717, 1.165) is 5.56 Å². The summed E-state index contributed by atoms with van der Waals surface area (Å²) in [6, 6.07) is 18.2. The molecule has 0 aliphatic rings. The minimum atomic E-state index is -4.64. The summed E-state index contributed by atoms with van der Waals surface area (Å²) in [6.07, 6.45) is -0.135. The highest BCUT2D eigenvalue weighted by Crippen LogP contribution is 2.43. The van der Waals surface area contributed by atoms with E-state index in [0.29, 0.717) is 18.6 Å². The quantitative estimate of drug-likeness (QED) is 0.682. The van der Waals surface area contributed by atoms with Crippen LogP contribution in [-0.4, -0.2) is 26.8 Å². The number of benzene rings is 2. The smallest absolute Gasteiger partial charge is 0.357 e. The van der Waals surface area contributed by atoms with Crippen molar-refractivity contribution in [2.24, 2.45) is 0 Å². The van der Waals surface area contributed by atoms with E-state index in [1.54, 1.807) is 24.3 Å². The van der Waals surface area contributed by atoms with Crippen LogP contribution in [0.25, 0.3) is 0 Å². The number of aryl methyl sites for hydroxylation is 1. The first-order valence-corrected chi connectivity index (χ1v) is 8.64. The molecular weight excluding hydrogens is 303 g/mol. The van der Waals surface area contributed by atoms with Crippen LogP contribution in [0, 0.1) is 0 Å². The van der Waals surface area contributed by atoms with Gasteiger partial charge in [0.05, 0.1) is 0 Å². The predicted molar refractivity (Wildman–Crippen MR) is 83.7 cm³/mol. The number of hydrogen-bond acceptors (Lipinski definition) is 3. The van der Waals surface area contributed by atoms with Gasteiger partial charge in [-0.3, -0.25) is 4.57 Å². The zero-order chi connectivity index (χ0) is 16.0. The lowest BCUT2D eigenvalue weighted by atomic mass is 10.1. The van der Waals surface area contributed by atoms with Crippen molar-refractivity contribution in [1.82, 2.24) is 0 Å². The molecule has 2 unspecified atom stereocenters. The van der Waals surface area contributed by atoms with E-state index in [4.69, 9.17) is 4.74 Å². The Labute approximate surface area is 129 Å². The Morgan fingerprint density at radius 1 is 0.955 bits per heavy atom. The molecule has 3 N–H and O–H groups in total. The minimum absolute atomic E-state index is 0.297. The van der Waals surface area contributed by atoms with Gasteiger partial charge in [0, 0.05) is 0 Å². The zero-order valence-corrected chi connectivity index (χ0v) is 12.8. The number of aliphatic hydroxyl groups excluding tert-OH is 1. The Hall–Kier alpha value is -1.65. The molecular formula is C16H19O5P. The van der Waals surface area contributed by atoms with Crippen LogP contribution in [0.2, 0.25) is 0 Å². The molecule has 6 heteroatoms. The lowest BCUT2D eigenvalue weighted by Gasteiger charge is -2.24. The average Bonchev–Trinajstić information content (AvgIpc) is 2.52. The SMILES string of the molecule is O=P(O)(O)C(O)C(CCc1ccccc1)Oc1ccccc1. The van der Waals surface area contributed by atoms with Crippen molar-refractivity contribution in [3.63, 3.8) is 0 Å². The van der Waals surface area contributed by atoms with Crippen molar-refractivity contribution in [3.8, 4) is 5.75 Å². The second-order valence-corrected chi connectivity index (χ2v) is 6.70. The van der Waals surface area contributed by atoms with Crippen LogP contribution in [-0.2, 0) is 11.0 Å². The van der Waals surface area contributed by atoms with Gasteiger partial charge in [0.15, 0.2) is 5.85 Å². The largest absolute Gasteiger partial charge is 0.487 e.